The summed E-state index contributed by atoms with van der Waals surface area (Å²) in [5, 5.41) is 3.44. The van der Waals surface area contributed by atoms with E-state index < -0.39 is 0 Å². The van der Waals surface area contributed by atoms with Crippen LogP contribution in [0.3, 0.4) is 0 Å². The zero-order valence-corrected chi connectivity index (χ0v) is 20.2. The van der Waals surface area contributed by atoms with Crippen LogP contribution in [0.2, 0.25) is 0 Å². The number of rotatable bonds is 9. The van der Waals surface area contributed by atoms with Crippen LogP contribution in [0, 0.1) is 18.8 Å². The molecule has 0 saturated carbocycles. The van der Waals surface area contributed by atoms with Crippen LogP contribution in [-0.4, -0.2) is 5.78 Å². The Balaban J connectivity index is 2.01. The van der Waals surface area contributed by atoms with Crippen molar-refractivity contribution in [1.29, 1.82) is 0 Å². The maximum absolute atomic E-state index is 12.5. The molecule has 166 valence electrons. The van der Waals surface area contributed by atoms with Gasteiger partial charge in [-0.1, -0.05) is 57.5 Å². The third kappa shape index (κ3) is 5.29. The summed E-state index contributed by atoms with van der Waals surface area (Å²) >= 11 is 0. The van der Waals surface area contributed by atoms with Crippen LogP contribution in [0.15, 0.2) is 42.6 Å². The van der Waals surface area contributed by atoms with Crippen LogP contribution in [0.5, 0.6) is 0 Å². The molecule has 2 aromatic carbocycles. The SMILES string of the molecule is C/C=C\NC(C)c1ccc(C)c(-c2c(CCCC(C)C(C)C)ccc3c2CCC3=O)c1. The van der Waals surface area contributed by atoms with E-state index in [1.807, 2.05) is 19.2 Å². The van der Waals surface area contributed by atoms with Gasteiger partial charge in [-0.05, 0) is 97.5 Å². The van der Waals surface area contributed by atoms with E-state index in [1.54, 1.807) is 0 Å². The fourth-order valence-corrected chi connectivity index (χ4v) is 4.60. The molecule has 2 nitrogen and oxygen atoms in total. The quantitative estimate of drug-likeness (QED) is 0.455. The Morgan fingerprint density at radius 2 is 1.81 bits per heavy atom. The first-order valence-corrected chi connectivity index (χ1v) is 12.0. The topological polar surface area (TPSA) is 29.1 Å². The van der Waals surface area contributed by atoms with E-state index in [0.717, 1.165) is 30.2 Å². The predicted octanol–water partition coefficient (Wildman–Crippen LogP) is 7.59. The summed E-state index contributed by atoms with van der Waals surface area (Å²) in [6.45, 7) is 13.4. The second-order valence-electron chi connectivity index (χ2n) is 9.63. The Hall–Kier alpha value is -2.35. The average Bonchev–Trinajstić information content (AvgIpc) is 3.13. The molecule has 2 unspecified atom stereocenters. The molecule has 2 heteroatoms. The maximum Gasteiger partial charge on any atom is 0.163 e. The van der Waals surface area contributed by atoms with Crippen molar-refractivity contribution < 1.29 is 4.79 Å². The van der Waals surface area contributed by atoms with Crippen molar-refractivity contribution in [2.75, 3.05) is 0 Å². The molecule has 1 aliphatic carbocycles. The molecule has 3 rings (SSSR count). The summed E-state index contributed by atoms with van der Waals surface area (Å²) in [7, 11) is 0. The molecular weight excluding hydrogens is 378 g/mol. The number of fused-ring (bicyclic) bond motifs is 1. The lowest BCUT2D eigenvalue weighted by atomic mass is 9.85. The van der Waals surface area contributed by atoms with Gasteiger partial charge in [-0.15, -0.1) is 0 Å². The van der Waals surface area contributed by atoms with Crippen molar-refractivity contribution in [1.82, 2.24) is 5.32 Å². The molecular formula is C29H39NO. The zero-order valence-electron chi connectivity index (χ0n) is 20.2. The van der Waals surface area contributed by atoms with Crippen molar-refractivity contribution in [3.63, 3.8) is 0 Å². The molecule has 0 saturated heterocycles. The highest BCUT2D eigenvalue weighted by atomic mass is 16.1. The summed E-state index contributed by atoms with van der Waals surface area (Å²) in [4.78, 5) is 12.5. The minimum atomic E-state index is 0.240. The van der Waals surface area contributed by atoms with Gasteiger partial charge in [0.1, 0.15) is 0 Å². The van der Waals surface area contributed by atoms with E-state index in [2.05, 4.69) is 70.3 Å². The van der Waals surface area contributed by atoms with Crippen molar-refractivity contribution in [3.8, 4) is 11.1 Å². The van der Waals surface area contributed by atoms with Gasteiger partial charge in [-0.25, -0.2) is 0 Å². The van der Waals surface area contributed by atoms with Crippen molar-refractivity contribution in [2.45, 2.75) is 79.7 Å². The fraction of sp³-hybridized carbons (Fsp3) is 0.483. The molecule has 1 aliphatic rings. The number of ketones is 1. The second kappa shape index (κ2) is 10.3. The van der Waals surface area contributed by atoms with Crippen LogP contribution in [0.25, 0.3) is 11.1 Å². The first kappa shape index (κ1) is 23.3. The molecule has 0 fully saturated rings. The molecule has 0 radical (unpaired) electrons. The van der Waals surface area contributed by atoms with Crippen LogP contribution in [0.1, 0.15) is 92.5 Å². The van der Waals surface area contributed by atoms with Gasteiger partial charge in [0, 0.05) is 18.0 Å². The van der Waals surface area contributed by atoms with E-state index in [1.165, 1.54) is 46.2 Å². The molecule has 0 bridgehead atoms. The van der Waals surface area contributed by atoms with Crippen molar-refractivity contribution in [2.24, 2.45) is 11.8 Å². The number of nitrogens with one attached hydrogen (secondary N) is 1. The average molecular weight is 418 g/mol. The molecule has 2 atom stereocenters. The highest BCUT2D eigenvalue weighted by Gasteiger charge is 2.25. The lowest BCUT2D eigenvalue weighted by molar-refractivity contribution is 0.0994. The maximum atomic E-state index is 12.5. The number of benzene rings is 2. The number of carbonyl (C=O) groups excluding carboxylic acids is 1. The summed E-state index contributed by atoms with van der Waals surface area (Å²) < 4.78 is 0. The van der Waals surface area contributed by atoms with E-state index in [9.17, 15) is 4.79 Å². The first-order valence-electron chi connectivity index (χ1n) is 12.0. The van der Waals surface area contributed by atoms with Gasteiger partial charge in [-0.2, -0.15) is 0 Å². The summed E-state index contributed by atoms with van der Waals surface area (Å²) in [5.74, 6) is 1.76. The Labute approximate surface area is 189 Å². The number of Topliss-reactive ketones (excluding diaryl/α,β-unsaturated/α-hetero) is 1. The second-order valence-corrected chi connectivity index (χ2v) is 9.63. The standard InChI is InChI=1S/C29H39NO/c1-7-17-30-22(6)24-12-11-21(5)27(18-24)29-23(10-8-9-20(4)19(2)3)13-14-25-26(29)15-16-28(25)31/h7,11-14,17-20,22,30H,8-10,15-16H2,1-6H3/b17-7-. The van der Waals surface area contributed by atoms with Gasteiger partial charge >= 0.3 is 0 Å². The van der Waals surface area contributed by atoms with Crippen LogP contribution >= 0.6 is 0 Å². The highest BCUT2D eigenvalue weighted by molar-refractivity contribution is 6.03. The molecule has 31 heavy (non-hydrogen) atoms. The van der Waals surface area contributed by atoms with Crippen molar-refractivity contribution in [3.05, 3.63) is 70.4 Å². The number of hydrogen-bond donors (Lipinski definition) is 1. The number of aryl methyl sites for hydroxylation is 2. The summed E-state index contributed by atoms with van der Waals surface area (Å²) in [6, 6.07) is 11.4. The van der Waals surface area contributed by atoms with E-state index in [-0.39, 0.29) is 6.04 Å². The third-order valence-corrected chi connectivity index (χ3v) is 7.09. The molecule has 2 aromatic rings. The van der Waals surface area contributed by atoms with Crippen LogP contribution in [-0.2, 0) is 12.8 Å². The summed E-state index contributed by atoms with van der Waals surface area (Å²) in [6.07, 6.45) is 9.06. The lowest BCUT2D eigenvalue weighted by Crippen LogP contribution is -2.12. The molecule has 0 heterocycles. The van der Waals surface area contributed by atoms with E-state index in [4.69, 9.17) is 0 Å². The van der Waals surface area contributed by atoms with E-state index >= 15 is 0 Å². The number of allylic oxidation sites excluding steroid dienone is 1. The van der Waals surface area contributed by atoms with Crippen molar-refractivity contribution >= 4 is 5.78 Å². The van der Waals surface area contributed by atoms with Gasteiger partial charge in [0.05, 0.1) is 0 Å². The molecule has 0 aliphatic heterocycles. The Morgan fingerprint density at radius 3 is 2.52 bits per heavy atom. The van der Waals surface area contributed by atoms with Crippen LogP contribution in [0.4, 0.5) is 0 Å². The number of hydrogen-bond acceptors (Lipinski definition) is 2. The minimum Gasteiger partial charge on any atom is -0.385 e. The van der Waals surface area contributed by atoms with E-state index in [0.29, 0.717) is 12.2 Å². The van der Waals surface area contributed by atoms with Gasteiger partial charge in [0.15, 0.2) is 5.78 Å². The summed E-state index contributed by atoms with van der Waals surface area (Å²) in [5.41, 5.74) is 8.81. The van der Waals surface area contributed by atoms with Gasteiger partial charge in [0.2, 0.25) is 0 Å². The number of carbonyl (C=O) groups is 1. The largest absolute Gasteiger partial charge is 0.385 e. The molecule has 0 aromatic heterocycles. The zero-order chi connectivity index (χ0) is 22.5. The molecule has 1 N–H and O–H groups in total. The smallest absolute Gasteiger partial charge is 0.163 e. The van der Waals surface area contributed by atoms with Crippen LogP contribution < -0.4 is 5.32 Å². The molecule has 0 spiro atoms. The van der Waals surface area contributed by atoms with Gasteiger partial charge in [-0.3, -0.25) is 4.79 Å². The van der Waals surface area contributed by atoms with Gasteiger partial charge in [0.25, 0.3) is 0 Å². The Kier molecular flexibility index (Phi) is 7.75. The fourth-order valence-electron chi connectivity index (χ4n) is 4.60. The predicted molar refractivity (Wildman–Crippen MR) is 133 cm³/mol. The minimum absolute atomic E-state index is 0.240. The monoisotopic (exact) mass is 417 g/mol. The van der Waals surface area contributed by atoms with Gasteiger partial charge < -0.3 is 5.32 Å². The Bertz CT molecular complexity index is 953. The first-order chi connectivity index (χ1) is 14.8. The molecule has 0 amide bonds. The normalized spacial score (nSPS) is 15.5. The Morgan fingerprint density at radius 1 is 1.03 bits per heavy atom. The lowest BCUT2D eigenvalue weighted by Gasteiger charge is -2.20. The third-order valence-electron chi connectivity index (χ3n) is 7.09. The highest BCUT2D eigenvalue weighted by Crippen LogP contribution is 2.38.